The predicted octanol–water partition coefficient (Wildman–Crippen LogP) is 5.03. The number of phenolic OH excluding ortho intramolecular Hbond substituents is 1. The molecule has 3 heteroatoms. The molecule has 0 aliphatic rings. The molecule has 0 aromatic heterocycles. The molecule has 2 aromatic rings. The van der Waals surface area contributed by atoms with E-state index < -0.39 is 0 Å². The summed E-state index contributed by atoms with van der Waals surface area (Å²) in [6.45, 7) is 4.18. The standard InChI is InChI=1S/C16H18BrNO/c1-3-14(13-6-4-5-7-16(13)19)18-15-10-12(17)9-8-11(15)2/h4-10,14,18-19H,3H2,1-2H3. The normalized spacial score (nSPS) is 12.2. The Morgan fingerprint density at radius 1 is 1.21 bits per heavy atom. The summed E-state index contributed by atoms with van der Waals surface area (Å²) in [6, 6.07) is 13.8. The molecular weight excluding hydrogens is 302 g/mol. The third kappa shape index (κ3) is 3.29. The Bertz CT molecular complexity index is 568. The molecule has 2 rings (SSSR count). The van der Waals surface area contributed by atoms with Crippen molar-refractivity contribution in [1.29, 1.82) is 0 Å². The second kappa shape index (κ2) is 6.11. The fourth-order valence-corrected chi connectivity index (χ4v) is 2.48. The summed E-state index contributed by atoms with van der Waals surface area (Å²) in [5.41, 5.74) is 3.21. The molecule has 0 spiro atoms. The van der Waals surface area contributed by atoms with Crippen molar-refractivity contribution >= 4 is 21.6 Å². The smallest absolute Gasteiger partial charge is 0.120 e. The lowest BCUT2D eigenvalue weighted by atomic mass is 10.0. The Morgan fingerprint density at radius 3 is 2.63 bits per heavy atom. The summed E-state index contributed by atoms with van der Waals surface area (Å²) >= 11 is 3.49. The van der Waals surface area contributed by atoms with Gasteiger partial charge in [0.15, 0.2) is 0 Å². The molecule has 19 heavy (non-hydrogen) atoms. The van der Waals surface area contributed by atoms with Gasteiger partial charge in [0.25, 0.3) is 0 Å². The van der Waals surface area contributed by atoms with Gasteiger partial charge in [-0.3, -0.25) is 0 Å². The van der Waals surface area contributed by atoms with Gasteiger partial charge < -0.3 is 10.4 Å². The Balaban J connectivity index is 2.29. The minimum atomic E-state index is 0.106. The van der Waals surface area contributed by atoms with E-state index in [9.17, 15) is 5.11 Å². The summed E-state index contributed by atoms with van der Waals surface area (Å²) in [4.78, 5) is 0. The van der Waals surface area contributed by atoms with E-state index in [1.807, 2.05) is 24.3 Å². The van der Waals surface area contributed by atoms with Gasteiger partial charge in [-0.15, -0.1) is 0 Å². The third-order valence-corrected chi connectivity index (χ3v) is 3.74. The molecule has 0 aliphatic heterocycles. The predicted molar refractivity (Wildman–Crippen MR) is 83.6 cm³/mol. The first-order valence-corrected chi connectivity index (χ1v) is 7.21. The van der Waals surface area contributed by atoms with Crippen molar-refractivity contribution < 1.29 is 5.11 Å². The molecule has 0 saturated heterocycles. The van der Waals surface area contributed by atoms with Crippen molar-refractivity contribution in [3.63, 3.8) is 0 Å². The van der Waals surface area contributed by atoms with Crippen LogP contribution in [0.3, 0.4) is 0 Å². The summed E-state index contributed by atoms with van der Waals surface area (Å²) in [5.74, 6) is 0.342. The molecule has 0 heterocycles. The first-order valence-electron chi connectivity index (χ1n) is 6.42. The Labute approximate surface area is 122 Å². The fraction of sp³-hybridized carbons (Fsp3) is 0.250. The first kappa shape index (κ1) is 13.9. The van der Waals surface area contributed by atoms with Crippen LogP contribution in [0.2, 0.25) is 0 Å². The molecule has 0 fully saturated rings. The van der Waals surface area contributed by atoms with Crippen molar-refractivity contribution in [2.24, 2.45) is 0 Å². The highest BCUT2D eigenvalue weighted by molar-refractivity contribution is 9.10. The molecule has 2 aromatic carbocycles. The summed E-state index contributed by atoms with van der Waals surface area (Å²) < 4.78 is 1.05. The van der Waals surface area contributed by atoms with E-state index >= 15 is 0 Å². The van der Waals surface area contributed by atoms with Crippen molar-refractivity contribution in [2.45, 2.75) is 26.3 Å². The number of hydrogen-bond donors (Lipinski definition) is 2. The van der Waals surface area contributed by atoms with Crippen LogP contribution in [0.1, 0.15) is 30.5 Å². The van der Waals surface area contributed by atoms with Gasteiger partial charge in [-0.1, -0.05) is 47.1 Å². The molecule has 0 bridgehead atoms. The molecule has 0 amide bonds. The molecule has 0 aliphatic carbocycles. The minimum absolute atomic E-state index is 0.106. The first-order chi connectivity index (χ1) is 9.11. The van der Waals surface area contributed by atoms with E-state index in [2.05, 4.69) is 47.2 Å². The van der Waals surface area contributed by atoms with Crippen LogP contribution < -0.4 is 5.32 Å². The molecule has 1 atom stereocenters. The van der Waals surface area contributed by atoms with Crippen molar-refractivity contribution in [2.75, 3.05) is 5.32 Å². The zero-order chi connectivity index (χ0) is 13.8. The summed E-state index contributed by atoms with van der Waals surface area (Å²) in [7, 11) is 0. The third-order valence-electron chi connectivity index (χ3n) is 3.25. The maximum atomic E-state index is 9.96. The quantitative estimate of drug-likeness (QED) is 0.828. The number of para-hydroxylation sites is 1. The van der Waals surface area contributed by atoms with Gasteiger partial charge in [-0.05, 0) is 37.1 Å². The van der Waals surface area contributed by atoms with Crippen molar-refractivity contribution in [3.05, 3.63) is 58.1 Å². The van der Waals surface area contributed by atoms with Gasteiger partial charge in [0, 0.05) is 15.7 Å². The lowest BCUT2D eigenvalue weighted by Crippen LogP contribution is -2.10. The highest BCUT2D eigenvalue weighted by atomic mass is 79.9. The number of aromatic hydroxyl groups is 1. The zero-order valence-corrected chi connectivity index (χ0v) is 12.7. The van der Waals surface area contributed by atoms with Gasteiger partial charge >= 0.3 is 0 Å². The summed E-state index contributed by atoms with van der Waals surface area (Å²) in [6.07, 6.45) is 0.906. The largest absolute Gasteiger partial charge is 0.508 e. The highest BCUT2D eigenvalue weighted by Crippen LogP contribution is 2.31. The highest BCUT2D eigenvalue weighted by Gasteiger charge is 2.13. The molecular formula is C16H18BrNO. The van der Waals surface area contributed by atoms with Gasteiger partial charge in [0.2, 0.25) is 0 Å². The monoisotopic (exact) mass is 319 g/mol. The van der Waals surface area contributed by atoms with Crippen LogP contribution in [0.4, 0.5) is 5.69 Å². The number of benzene rings is 2. The van der Waals surface area contributed by atoms with E-state index in [4.69, 9.17) is 0 Å². The van der Waals surface area contributed by atoms with E-state index in [-0.39, 0.29) is 6.04 Å². The number of halogens is 1. The number of nitrogens with one attached hydrogen (secondary N) is 1. The number of hydrogen-bond acceptors (Lipinski definition) is 2. The van der Waals surface area contributed by atoms with Crippen LogP contribution in [0.25, 0.3) is 0 Å². The van der Waals surface area contributed by atoms with Gasteiger partial charge in [0.1, 0.15) is 5.75 Å². The van der Waals surface area contributed by atoms with Crippen molar-refractivity contribution in [1.82, 2.24) is 0 Å². The zero-order valence-electron chi connectivity index (χ0n) is 11.2. The minimum Gasteiger partial charge on any atom is -0.508 e. The molecule has 2 nitrogen and oxygen atoms in total. The van der Waals surface area contributed by atoms with Crippen molar-refractivity contribution in [3.8, 4) is 5.75 Å². The Morgan fingerprint density at radius 2 is 1.95 bits per heavy atom. The Hall–Kier alpha value is -1.48. The lowest BCUT2D eigenvalue weighted by Gasteiger charge is -2.21. The molecule has 1 unspecified atom stereocenters. The topological polar surface area (TPSA) is 32.3 Å². The fourth-order valence-electron chi connectivity index (χ4n) is 2.12. The van der Waals surface area contributed by atoms with E-state index in [0.717, 1.165) is 22.1 Å². The second-order valence-corrected chi connectivity index (χ2v) is 5.54. The average molecular weight is 320 g/mol. The molecule has 2 N–H and O–H groups in total. The van der Waals surface area contributed by atoms with E-state index in [1.165, 1.54) is 5.56 Å². The second-order valence-electron chi connectivity index (χ2n) is 4.62. The maximum absolute atomic E-state index is 9.96. The molecule has 0 saturated carbocycles. The van der Waals surface area contributed by atoms with Gasteiger partial charge in [0.05, 0.1) is 6.04 Å². The maximum Gasteiger partial charge on any atom is 0.120 e. The van der Waals surface area contributed by atoms with Crippen LogP contribution in [-0.4, -0.2) is 5.11 Å². The van der Waals surface area contributed by atoms with Crippen LogP contribution in [0, 0.1) is 6.92 Å². The van der Waals surface area contributed by atoms with Gasteiger partial charge in [-0.2, -0.15) is 0 Å². The van der Waals surface area contributed by atoms with E-state index in [1.54, 1.807) is 6.07 Å². The SMILES string of the molecule is CCC(Nc1cc(Br)ccc1C)c1ccccc1O. The average Bonchev–Trinajstić information content (AvgIpc) is 2.41. The summed E-state index contributed by atoms with van der Waals surface area (Å²) in [5, 5.41) is 13.5. The van der Waals surface area contributed by atoms with E-state index in [0.29, 0.717) is 5.75 Å². The van der Waals surface area contributed by atoms with Crippen LogP contribution >= 0.6 is 15.9 Å². The Kier molecular flexibility index (Phi) is 4.48. The molecule has 100 valence electrons. The lowest BCUT2D eigenvalue weighted by molar-refractivity contribution is 0.462. The van der Waals surface area contributed by atoms with Crippen LogP contribution in [0.5, 0.6) is 5.75 Å². The number of anilines is 1. The number of rotatable bonds is 4. The van der Waals surface area contributed by atoms with Crippen LogP contribution in [0.15, 0.2) is 46.9 Å². The number of phenols is 1. The number of aryl methyl sites for hydroxylation is 1. The molecule has 0 radical (unpaired) electrons. The van der Waals surface area contributed by atoms with Crippen LogP contribution in [-0.2, 0) is 0 Å². The van der Waals surface area contributed by atoms with Gasteiger partial charge in [-0.25, -0.2) is 0 Å².